The fraction of sp³-hybridized carbons (Fsp3) is 0.909. The number of carbonyl (C=O) groups is 1. The van der Waals surface area contributed by atoms with E-state index in [9.17, 15) is 4.79 Å². The normalized spacial score (nSPS) is 22.9. The summed E-state index contributed by atoms with van der Waals surface area (Å²) in [6.45, 7) is 4.07. The van der Waals surface area contributed by atoms with Crippen LogP contribution in [0.3, 0.4) is 0 Å². The molecule has 1 atom stereocenters. The van der Waals surface area contributed by atoms with Crippen LogP contribution in [0, 0.1) is 0 Å². The van der Waals surface area contributed by atoms with Gasteiger partial charge >= 0.3 is 5.97 Å². The van der Waals surface area contributed by atoms with Crippen molar-refractivity contribution in [2.45, 2.75) is 38.6 Å². The largest absolute Gasteiger partial charge is 0.480 e. The van der Waals surface area contributed by atoms with Crippen molar-refractivity contribution < 1.29 is 9.90 Å². The molecular formula is C11H21NO2S. The average Bonchev–Trinajstić information content (AvgIpc) is 2.25. The average molecular weight is 231 g/mol. The topological polar surface area (TPSA) is 40.5 Å². The summed E-state index contributed by atoms with van der Waals surface area (Å²) in [4.78, 5) is 13.1. The highest BCUT2D eigenvalue weighted by Gasteiger charge is 2.27. The predicted octanol–water partition coefficient (Wildman–Crippen LogP) is 2.07. The molecular weight excluding hydrogens is 210 g/mol. The first-order chi connectivity index (χ1) is 7.25. The molecule has 4 heteroatoms. The number of rotatable bonds is 6. The number of carboxylic acids is 1. The van der Waals surface area contributed by atoms with Crippen molar-refractivity contribution in [1.29, 1.82) is 0 Å². The molecule has 0 spiro atoms. The Morgan fingerprint density at radius 3 is 3.00 bits per heavy atom. The van der Waals surface area contributed by atoms with Gasteiger partial charge in [-0.15, -0.1) is 0 Å². The standard InChI is InChI=1S/C11H21NO2S/c1-2-15-9-5-8-12-7-4-3-6-10(12)11(13)14/h10H,2-9H2,1H3,(H,13,14). The van der Waals surface area contributed by atoms with Crippen molar-refractivity contribution in [3.63, 3.8) is 0 Å². The number of thioether (sulfide) groups is 1. The third-order valence-corrected chi connectivity index (χ3v) is 3.82. The van der Waals surface area contributed by atoms with Crippen molar-refractivity contribution in [2.75, 3.05) is 24.6 Å². The highest BCUT2D eigenvalue weighted by atomic mass is 32.2. The van der Waals surface area contributed by atoms with Gasteiger partial charge in [0.15, 0.2) is 0 Å². The van der Waals surface area contributed by atoms with Gasteiger partial charge in [-0.05, 0) is 43.9 Å². The van der Waals surface area contributed by atoms with Gasteiger partial charge in [0.25, 0.3) is 0 Å². The summed E-state index contributed by atoms with van der Waals surface area (Å²) in [5.41, 5.74) is 0. The fourth-order valence-corrected chi connectivity index (χ4v) is 2.67. The van der Waals surface area contributed by atoms with Crippen LogP contribution in [-0.4, -0.2) is 46.6 Å². The van der Waals surface area contributed by atoms with Crippen molar-refractivity contribution in [3.8, 4) is 0 Å². The summed E-state index contributed by atoms with van der Waals surface area (Å²) in [6, 6.07) is -0.217. The third kappa shape index (κ3) is 4.43. The second-order valence-electron chi connectivity index (χ2n) is 3.94. The van der Waals surface area contributed by atoms with Crippen LogP contribution in [0.5, 0.6) is 0 Å². The zero-order valence-corrected chi connectivity index (χ0v) is 10.3. The van der Waals surface area contributed by atoms with Crippen molar-refractivity contribution in [2.24, 2.45) is 0 Å². The SMILES string of the molecule is CCSCCCN1CCCCC1C(=O)O. The summed E-state index contributed by atoms with van der Waals surface area (Å²) in [5.74, 6) is 1.67. The van der Waals surface area contributed by atoms with Crippen molar-refractivity contribution in [1.82, 2.24) is 4.90 Å². The Kier molecular flexibility index (Phi) is 6.10. The summed E-state index contributed by atoms with van der Waals surface area (Å²) < 4.78 is 0. The fourth-order valence-electron chi connectivity index (χ4n) is 2.05. The van der Waals surface area contributed by atoms with Crippen LogP contribution < -0.4 is 0 Å². The van der Waals surface area contributed by atoms with E-state index in [1.165, 1.54) is 0 Å². The first-order valence-corrected chi connectivity index (χ1v) is 6.95. The molecule has 1 unspecified atom stereocenters. The van der Waals surface area contributed by atoms with E-state index < -0.39 is 5.97 Å². The molecule has 1 rings (SSSR count). The molecule has 1 heterocycles. The lowest BCUT2D eigenvalue weighted by atomic mass is 10.0. The minimum absolute atomic E-state index is 0.217. The van der Waals surface area contributed by atoms with Crippen LogP contribution in [0.2, 0.25) is 0 Å². The molecule has 88 valence electrons. The van der Waals surface area contributed by atoms with Crippen molar-refractivity contribution in [3.05, 3.63) is 0 Å². The molecule has 0 aromatic heterocycles. The van der Waals surface area contributed by atoms with E-state index in [0.29, 0.717) is 0 Å². The molecule has 0 aromatic carbocycles. The second-order valence-corrected chi connectivity index (χ2v) is 5.33. The molecule has 0 radical (unpaired) electrons. The molecule has 1 aliphatic rings. The van der Waals surface area contributed by atoms with Crippen LogP contribution in [0.25, 0.3) is 0 Å². The zero-order valence-electron chi connectivity index (χ0n) is 9.45. The summed E-state index contributed by atoms with van der Waals surface area (Å²) in [5, 5.41) is 9.06. The number of hydrogen-bond donors (Lipinski definition) is 1. The summed E-state index contributed by atoms with van der Waals surface area (Å²) in [6.07, 6.45) is 4.17. The van der Waals surface area contributed by atoms with Gasteiger partial charge in [0, 0.05) is 0 Å². The highest BCUT2D eigenvalue weighted by molar-refractivity contribution is 7.99. The van der Waals surface area contributed by atoms with E-state index in [1.807, 2.05) is 11.8 Å². The minimum atomic E-state index is -0.641. The maximum absolute atomic E-state index is 11.0. The number of aliphatic carboxylic acids is 1. The van der Waals surface area contributed by atoms with Crippen LogP contribution in [0.4, 0.5) is 0 Å². The van der Waals surface area contributed by atoms with E-state index in [2.05, 4.69) is 11.8 Å². The predicted molar refractivity (Wildman–Crippen MR) is 64.5 cm³/mol. The van der Waals surface area contributed by atoms with E-state index in [1.54, 1.807) is 0 Å². The van der Waals surface area contributed by atoms with Gasteiger partial charge in [0.1, 0.15) is 6.04 Å². The summed E-state index contributed by atoms with van der Waals surface area (Å²) in [7, 11) is 0. The van der Waals surface area contributed by atoms with Gasteiger partial charge in [0.05, 0.1) is 0 Å². The van der Waals surface area contributed by atoms with Crippen LogP contribution in [0.1, 0.15) is 32.6 Å². The highest BCUT2D eigenvalue weighted by Crippen LogP contribution is 2.17. The van der Waals surface area contributed by atoms with E-state index >= 15 is 0 Å². The molecule has 1 fully saturated rings. The van der Waals surface area contributed by atoms with E-state index in [4.69, 9.17) is 5.11 Å². The second kappa shape index (κ2) is 7.12. The smallest absolute Gasteiger partial charge is 0.320 e. The molecule has 0 aromatic rings. The molecule has 3 nitrogen and oxygen atoms in total. The summed E-state index contributed by atoms with van der Waals surface area (Å²) >= 11 is 1.93. The van der Waals surface area contributed by atoms with Crippen LogP contribution in [-0.2, 0) is 4.79 Å². The lowest BCUT2D eigenvalue weighted by molar-refractivity contribution is -0.144. The molecule has 1 N–H and O–H groups in total. The minimum Gasteiger partial charge on any atom is -0.480 e. The molecule has 1 aliphatic heterocycles. The molecule has 0 bridgehead atoms. The number of carboxylic acid groups (broad SMARTS) is 1. The molecule has 0 saturated carbocycles. The van der Waals surface area contributed by atoms with Gasteiger partial charge in [-0.3, -0.25) is 9.69 Å². The molecule has 1 saturated heterocycles. The maximum atomic E-state index is 11.0. The Balaban J connectivity index is 2.26. The maximum Gasteiger partial charge on any atom is 0.320 e. The Hall–Kier alpha value is -0.220. The molecule has 0 amide bonds. The van der Waals surface area contributed by atoms with E-state index in [0.717, 1.165) is 50.3 Å². The first-order valence-electron chi connectivity index (χ1n) is 5.80. The van der Waals surface area contributed by atoms with Gasteiger partial charge in [-0.25, -0.2) is 0 Å². The van der Waals surface area contributed by atoms with Gasteiger partial charge in [-0.2, -0.15) is 11.8 Å². The number of likely N-dealkylation sites (tertiary alicyclic amines) is 1. The Bertz CT molecular complexity index is 199. The molecule has 15 heavy (non-hydrogen) atoms. The Morgan fingerprint density at radius 1 is 1.53 bits per heavy atom. The van der Waals surface area contributed by atoms with Gasteiger partial charge < -0.3 is 5.11 Å². The lowest BCUT2D eigenvalue weighted by Gasteiger charge is -2.32. The number of nitrogens with zero attached hydrogens (tertiary/aromatic N) is 1. The van der Waals surface area contributed by atoms with Crippen LogP contribution in [0.15, 0.2) is 0 Å². The Morgan fingerprint density at radius 2 is 2.33 bits per heavy atom. The third-order valence-electron chi connectivity index (χ3n) is 2.84. The monoisotopic (exact) mass is 231 g/mol. The lowest BCUT2D eigenvalue weighted by Crippen LogP contribution is -2.45. The van der Waals surface area contributed by atoms with Gasteiger partial charge in [0.2, 0.25) is 0 Å². The quantitative estimate of drug-likeness (QED) is 0.710. The number of hydrogen-bond acceptors (Lipinski definition) is 3. The first kappa shape index (κ1) is 12.8. The van der Waals surface area contributed by atoms with Crippen molar-refractivity contribution >= 4 is 17.7 Å². The van der Waals surface area contributed by atoms with Crippen LogP contribution >= 0.6 is 11.8 Å². The Labute approximate surface area is 96.2 Å². The molecule has 0 aliphatic carbocycles. The zero-order chi connectivity index (χ0) is 11.1. The number of piperidine rings is 1. The van der Waals surface area contributed by atoms with E-state index in [-0.39, 0.29) is 6.04 Å². The van der Waals surface area contributed by atoms with Gasteiger partial charge in [-0.1, -0.05) is 13.3 Å².